The van der Waals surface area contributed by atoms with Crippen LogP contribution >= 0.6 is 0 Å². The van der Waals surface area contributed by atoms with Gasteiger partial charge in [-0.25, -0.2) is 4.79 Å². The van der Waals surface area contributed by atoms with Crippen molar-refractivity contribution in [2.75, 3.05) is 0 Å². The van der Waals surface area contributed by atoms with Gasteiger partial charge in [-0.3, -0.25) is 4.79 Å². The van der Waals surface area contributed by atoms with Crippen LogP contribution in [0.25, 0.3) is 0 Å². The van der Waals surface area contributed by atoms with Gasteiger partial charge in [0.1, 0.15) is 11.4 Å². The van der Waals surface area contributed by atoms with Gasteiger partial charge in [-0.1, -0.05) is 43.0 Å². The number of hydrogen-bond acceptors (Lipinski definition) is 4. The average Bonchev–Trinajstić information content (AvgIpc) is 2.90. The highest BCUT2D eigenvalue weighted by atomic mass is 32.2. The van der Waals surface area contributed by atoms with E-state index in [1.165, 1.54) is 14.7 Å². The molecule has 202 valence electrons. The molecule has 0 radical (unpaired) electrons. The maximum Gasteiger partial charge on any atom is 0.333 e. The normalized spacial score (nSPS) is 26.5. The number of ether oxygens (including phenoxy) is 2. The Bertz CT molecular complexity index is 1300. The van der Waals surface area contributed by atoms with E-state index in [4.69, 9.17) is 9.47 Å². The summed E-state index contributed by atoms with van der Waals surface area (Å²) < 4.78 is 12.1. The summed E-state index contributed by atoms with van der Waals surface area (Å²) in [6.45, 7) is 5.43. The minimum atomic E-state index is -0.587. The summed E-state index contributed by atoms with van der Waals surface area (Å²) in [5.74, 6) is 0.816. The molecule has 0 aliphatic heterocycles. The second-order valence-electron chi connectivity index (χ2n) is 11.4. The summed E-state index contributed by atoms with van der Waals surface area (Å²) >= 11 is 0. The monoisotopic (exact) mass is 540 g/mol. The third-order valence-electron chi connectivity index (χ3n) is 8.33. The molecule has 4 saturated carbocycles. The molecule has 0 N–H and O–H groups in total. The van der Waals surface area contributed by atoms with Gasteiger partial charge in [0.25, 0.3) is 0 Å². The Morgan fingerprint density at radius 1 is 0.795 bits per heavy atom. The van der Waals surface area contributed by atoms with Crippen molar-refractivity contribution in [1.82, 2.24) is 0 Å². The largest absolute Gasteiger partial charge is 0.456 e. The summed E-state index contributed by atoms with van der Waals surface area (Å²) in [4.78, 5) is 29.8. The predicted octanol–water partition coefficient (Wildman–Crippen LogP) is 7.60. The van der Waals surface area contributed by atoms with Crippen molar-refractivity contribution < 1.29 is 19.1 Å². The summed E-state index contributed by atoms with van der Waals surface area (Å²) in [6, 6.07) is 29.0. The lowest BCUT2D eigenvalue weighted by Crippen LogP contribution is -2.60. The first kappa shape index (κ1) is 27.3. The van der Waals surface area contributed by atoms with E-state index in [9.17, 15) is 9.59 Å². The third-order valence-corrected chi connectivity index (χ3v) is 10.6. The standard InChI is InChI=1S/C33H33O4S.CH3/c1-23(2)30(34)37-33-20-24-17-25(21-33)19-32(18-24,22-33)31(35)36-26-13-15-29(16-14-26)38(27-9-5-3-6-10-27)28-11-7-4-8-12-28;/h3-16,24-25H,1,17-22H2,2H3;1H3/q+1;-1. The molecule has 0 spiro atoms. The number of rotatable bonds is 7. The van der Waals surface area contributed by atoms with Gasteiger partial charge in [-0.05, 0) is 99.4 Å². The Hall–Kier alpha value is -3.31. The molecule has 5 heteroatoms. The van der Waals surface area contributed by atoms with Crippen molar-refractivity contribution in [2.24, 2.45) is 17.3 Å². The molecule has 39 heavy (non-hydrogen) atoms. The van der Waals surface area contributed by atoms with Crippen molar-refractivity contribution in [1.29, 1.82) is 0 Å². The van der Waals surface area contributed by atoms with Crippen molar-refractivity contribution in [2.45, 2.75) is 65.7 Å². The van der Waals surface area contributed by atoms with E-state index < -0.39 is 11.0 Å². The molecule has 2 unspecified atom stereocenters. The first-order valence-electron chi connectivity index (χ1n) is 13.4. The van der Waals surface area contributed by atoms with Crippen LogP contribution in [0.15, 0.2) is 112 Å². The van der Waals surface area contributed by atoms with Gasteiger partial charge in [0.05, 0.1) is 16.3 Å². The molecule has 4 fully saturated rings. The number of hydrogen-bond donors (Lipinski definition) is 0. The fraction of sp³-hybridized carbons (Fsp3) is 0.324. The molecule has 3 aromatic carbocycles. The number of carbonyl (C=O) groups is 2. The van der Waals surface area contributed by atoms with E-state index >= 15 is 0 Å². The maximum absolute atomic E-state index is 13.7. The lowest BCUT2D eigenvalue weighted by Gasteiger charge is -2.59. The quantitative estimate of drug-likeness (QED) is 0.102. The predicted molar refractivity (Wildman–Crippen MR) is 154 cm³/mol. The minimum absolute atomic E-state index is 0. The van der Waals surface area contributed by atoms with E-state index in [-0.39, 0.29) is 30.3 Å². The second kappa shape index (κ2) is 10.7. The van der Waals surface area contributed by atoms with Gasteiger partial charge >= 0.3 is 11.9 Å². The highest BCUT2D eigenvalue weighted by Crippen LogP contribution is 2.63. The Morgan fingerprint density at radius 3 is 1.82 bits per heavy atom. The van der Waals surface area contributed by atoms with Crippen LogP contribution in [-0.2, 0) is 25.2 Å². The van der Waals surface area contributed by atoms with Crippen molar-refractivity contribution in [3.8, 4) is 5.75 Å². The Kier molecular flexibility index (Phi) is 7.47. The topological polar surface area (TPSA) is 52.6 Å². The smallest absolute Gasteiger partial charge is 0.333 e. The molecule has 4 bridgehead atoms. The van der Waals surface area contributed by atoms with Crippen LogP contribution in [-0.4, -0.2) is 17.5 Å². The van der Waals surface area contributed by atoms with Crippen LogP contribution in [0, 0.1) is 24.7 Å². The van der Waals surface area contributed by atoms with Gasteiger partial charge in [0, 0.05) is 12.0 Å². The molecular weight excluding hydrogens is 504 g/mol. The zero-order valence-corrected chi connectivity index (χ0v) is 23.5. The summed E-state index contributed by atoms with van der Waals surface area (Å²) in [5.41, 5.74) is -0.749. The molecular formula is C34H36O4S. The molecule has 0 amide bonds. The van der Waals surface area contributed by atoms with Gasteiger partial charge in [0.2, 0.25) is 0 Å². The molecule has 0 saturated heterocycles. The molecule has 4 aliphatic rings. The fourth-order valence-corrected chi connectivity index (χ4v) is 9.28. The van der Waals surface area contributed by atoms with E-state index in [1.807, 2.05) is 24.3 Å². The Balaban J connectivity index is 0.00000308. The molecule has 0 heterocycles. The van der Waals surface area contributed by atoms with Gasteiger partial charge < -0.3 is 16.9 Å². The summed E-state index contributed by atoms with van der Waals surface area (Å²) in [6.07, 6.45) is 4.98. The van der Waals surface area contributed by atoms with E-state index in [2.05, 4.69) is 67.2 Å². The number of carbonyl (C=O) groups excluding carboxylic acids is 2. The average molecular weight is 541 g/mol. The van der Waals surface area contributed by atoms with Crippen LogP contribution in [0.5, 0.6) is 5.75 Å². The van der Waals surface area contributed by atoms with Crippen molar-refractivity contribution >= 4 is 22.8 Å². The maximum atomic E-state index is 13.7. The molecule has 7 rings (SSSR count). The summed E-state index contributed by atoms with van der Waals surface area (Å²) in [7, 11) is -0.256. The lowest BCUT2D eigenvalue weighted by molar-refractivity contribution is -0.206. The van der Waals surface area contributed by atoms with Crippen molar-refractivity contribution in [3.05, 3.63) is 105 Å². The van der Waals surface area contributed by atoms with Gasteiger partial charge in [0.15, 0.2) is 14.7 Å². The first-order valence-corrected chi connectivity index (χ1v) is 14.6. The molecule has 0 aromatic heterocycles. The first-order chi connectivity index (χ1) is 18.3. The SMILES string of the molecule is C=C(C)C(=O)OC12CC3CC(C1)CC(C(=O)Oc1ccc([S+](c4ccccc4)c4ccccc4)cc1)(C3)C2.[CH3-]. The third kappa shape index (κ3) is 5.29. The van der Waals surface area contributed by atoms with Gasteiger partial charge in [-0.2, -0.15) is 0 Å². The lowest BCUT2D eigenvalue weighted by atomic mass is 9.48. The molecule has 4 nitrogen and oxygen atoms in total. The number of esters is 2. The highest BCUT2D eigenvalue weighted by Gasteiger charge is 2.63. The van der Waals surface area contributed by atoms with Crippen molar-refractivity contribution in [3.63, 3.8) is 0 Å². The summed E-state index contributed by atoms with van der Waals surface area (Å²) in [5, 5.41) is 0. The van der Waals surface area contributed by atoms with Gasteiger partial charge in [-0.15, -0.1) is 0 Å². The number of benzene rings is 3. The molecule has 3 aromatic rings. The fourth-order valence-electron chi connectivity index (χ4n) is 7.20. The Labute approximate surface area is 234 Å². The van der Waals surface area contributed by atoms with Crippen LogP contribution in [0.1, 0.15) is 45.4 Å². The van der Waals surface area contributed by atoms with E-state index in [0.717, 1.165) is 32.1 Å². The Morgan fingerprint density at radius 2 is 1.31 bits per heavy atom. The molecule has 4 aliphatic carbocycles. The molecule has 2 atom stereocenters. The van der Waals surface area contributed by atoms with Crippen LogP contribution in [0.3, 0.4) is 0 Å². The minimum Gasteiger partial charge on any atom is -0.456 e. The van der Waals surface area contributed by atoms with E-state index in [0.29, 0.717) is 29.6 Å². The second-order valence-corrected chi connectivity index (χ2v) is 13.4. The zero-order valence-electron chi connectivity index (χ0n) is 22.7. The van der Waals surface area contributed by atoms with E-state index in [1.54, 1.807) is 6.92 Å². The highest BCUT2D eigenvalue weighted by molar-refractivity contribution is 7.97. The van der Waals surface area contributed by atoms with Crippen LogP contribution in [0.4, 0.5) is 0 Å². The zero-order chi connectivity index (χ0) is 26.3. The van der Waals surface area contributed by atoms with Crippen LogP contribution in [0.2, 0.25) is 0 Å². The van der Waals surface area contributed by atoms with Crippen LogP contribution < -0.4 is 4.74 Å².